The maximum Gasteiger partial charge on any atom is 0.321 e. The van der Waals surface area contributed by atoms with Crippen molar-refractivity contribution in [2.75, 3.05) is 5.75 Å². The highest BCUT2D eigenvalue weighted by molar-refractivity contribution is 8.00. The lowest BCUT2D eigenvalue weighted by Gasteiger charge is -2.16. The maximum atomic E-state index is 11.8. The molecule has 2 N–H and O–H groups in total. The van der Waals surface area contributed by atoms with Crippen LogP contribution in [-0.2, 0) is 16.0 Å². The Morgan fingerprint density at radius 2 is 1.45 bits per heavy atom. The second kappa shape index (κ2) is 16.3. The van der Waals surface area contributed by atoms with Gasteiger partial charge in [-0.1, -0.05) is 89.0 Å². The van der Waals surface area contributed by atoms with Gasteiger partial charge in [0, 0.05) is 6.42 Å². The third kappa shape index (κ3) is 11.9. The van der Waals surface area contributed by atoms with Crippen LogP contribution in [0.1, 0.15) is 100 Å². The molecule has 164 valence electrons. The molecule has 0 heterocycles. The number of hydrogen-bond donors (Lipinski definition) is 2. The predicted octanol–water partition coefficient (Wildman–Crippen LogP) is 6.87. The molecule has 0 aromatic heterocycles. The van der Waals surface area contributed by atoms with Crippen LogP contribution >= 0.6 is 11.8 Å². The number of unbranched alkanes of at least 4 members (excludes halogenated alkanes) is 9. The Balaban J connectivity index is 2.39. The van der Waals surface area contributed by atoms with Crippen molar-refractivity contribution in [1.29, 1.82) is 0 Å². The largest absolute Gasteiger partial charge is 0.481 e. The van der Waals surface area contributed by atoms with E-state index >= 15 is 0 Å². The number of aryl methyl sites for hydroxylation is 1. The van der Waals surface area contributed by atoms with Gasteiger partial charge in [0.25, 0.3) is 0 Å². The normalized spacial score (nSPS) is 12.0. The summed E-state index contributed by atoms with van der Waals surface area (Å²) >= 11 is 1.33. The van der Waals surface area contributed by atoms with Gasteiger partial charge in [0.05, 0.1) is 0 Å². The van der Waals surface area contributed by atoms with Gasteiger partial charge in [-0.2, -0.15) is 0 Å². The number of rotatable bonds is 18. The number of aliphatic carboxylic acids is 2. The summed E-state index contributed by atoms with van der Waals surface area (Å²) in [5, 5.41) is 17.8. The van der Waals surface area contributed by atoms with Gasteiger partial charge >= 0.3 is 11.9 Å². The van der Waals surface area contributed by atoms with Crippen molar-refractivity contribution in [2.45, 2.75) is 95.6 Å². The average Bonchev–Trinajstić information content (AvgIpc) is 2.69. The van der Waals surface area contributed by atoms with E-state index in [0.29, 0.717) is 12.2 Å². The highest BCUT2D eigenvalue weighted by Gasteiger charge is 2.22. The van der Waals surface area contributed by atoms with E-state index in [0.717, 1.165) is 24.0 Å². The smallest absolute Gasteiger partial charge is 0.321 e. The highest BCUT2D eigenvalue weighted by Crippen LogP contribution is 2.33. The van der Waals surface area contributed by atoms with E-state index in [2.05, 4.69) is 6.92 Å². The van der Waals surface area contributed by atoms with Gasteiger partial charge in [-0.05, 0) is 36.1 Å². The average molecular weight is 423 g/mol. The van der Waals surface area contributed by atoms with E-state index in [4.69, 9.17) is 5.11 Å². The molecule has 1 aromatic carbocycles. The van der Waals surface area contributed by atoms with Crippen molar-refractivity contribution >= 4 is 23.7 Å². The molecule has 1 aromatic rings. The molecule has 0 fully saturated rings. The van der Waals surface area contributed by atoms with Crippen LogP contribution in [-0.4, -0.2) is 27.9 Å². The monoisotopic (exact) mass is 422 g/mol. The lowest BCUT2D eigenvalue weighted by Crippen LogP contribution is -2.11. The van der Waals surface area contributed by atoms with E-state index < -0.39 is 17.2 Å². The molecular formula is C24H38O4S. The van der Waals surface area contributed by atoms with Crippen molar-refractivity contribution in [3.05, 3.63) is 35.4 Å². The van der Waals surface area contributed by atoms with Gasteiger partial charge < -0.3 is 10.2 Å². The summed E-state index contributed by atoms with van der Waals surface area (Å²) in [7, 11) is 0. The fourth-order valence-corrected chi connectivity index (χ4v) is 4.64. The van der Waals surface area contributed by atoms with Gasteiger partial charge in [-0.25, -0.2) is 0 Å². The zero-order valence-electron chi connectivity index (χ0n) is 17.9. The number of benzene rings is 1. The molecule has 0 aliphatic rings. The van der Waals surface area contributed by atoms with Gasteiger partial charge in [0.2, 0.25) is 0 Å². The van der Waals surface area contributed by atoms with Crippen LogP contribution in [0.15, 0.2) is 24.3 Å². The third-order valence-corrected chi connectivity index (χ3v) is 6.49. The summed E-state index contributed by atoms with van der Waals surface area (Å²) in [5.74, 6) is -1.14. The minimum Gasteiger partial charge on any atom is -0.481 e. The van der Waals surface area contributed by atoms with Crippen LogP contribution < -0.4 is 0 Å². The van der Waals surface area contributed by atoms with Gasteiger partial charge in [-0.3, -0.25) is 9.59 Å². The zero-order chi connectivity index (χ0) is 21.3. The zero-order valence-corrected chi connectivity index (χ0v) is 18.7. The van der Waals surface area contributed by atoms with Crippen LogP contribution in [0, 0.1) is 0 Å². The first-order valence-corrected chi connectivity index (χ1v) is 12.2. The second-order valence-electron chi connectivity index (χ2n) is 7.72. The summed E-state index contributed by atoms with van der Waals surface area (Å²) in [6, 6.07) is 7.82. The van der Waals surface area contributed by atoms with E-state index in [1.807, 2.05) is 24.3 Å². The molecule has 1 unspecified atom stereocenters. The summed E-state index contributed by atoms with van der Waals surface area (Å²) in [6.45, 7) is 2.25. The van der Waals surface area contributed by atoms with Crippen molar-refractivity contribution < 1.29 is 19.8 Å². The fraction of sp³-hybridized carbons (Fsp3) is 0.667. The van der Waals surface area contributed by atoms with Crippen molar-refractivity contribution in [2.24, 2.45) is 0 Å². The lowest BCUT2D eigenvalue weighted by atomic mass is 9.98. The van der Waals surface area contributed by atoms with Crippen LogP contribution in [0.3, 0.4) is 0 Å². The molecule has 0 amide bonds. The van der Waals surface area contributed by atoms with Gasteiger partial charge in [0.1, 0.15) is 5.25 Å². The molecule has 5 heteroatoms. The van der Waals surface area contributed by atoms with Gasteiger partial charge in [0.15, 0.2) is 0 Å². The SMILES string of the molecule is CCCCCCCCCCCCc1ccccc1C(SCCCC(=O)O)C(=O)O. The van der Waals surface area contributed by atoms with E-state index in [1.165, 1.54) is 69.5 Å². The molecule has 0 spiro atoms. The molecule has 0 aliphatic carbocycles. The number of hydrogen-bond acceptors (Lipinski definition) is 3. The van der Waals surface area contributed by atoms with Crippen LogP contribution in [0.4, 0.5) is 0 Å². The number of thioether (sulfide) groups is 1. The predicted molar refractivity (Wildman–Crippen MR) is 122 cm³/mol. The van der Waals surface area contributed by atoms with Crippen molar-refractivity contribution in [1.82, 2.24) is 0 Å². The van der Waals surface area contributed by atoms with Crippen LogP contribution in [0.25, 0.3) is 0 Å². The molecular weight excluding hydrogens is 384 g/mol. The molecule has 0 saturated carbocycles. The summed E-state index contributed by atoms with van der Waals surface area (Å²) < 4.78 is 0. The first-order chi connectivity index (χ1) is 14.1. The molecule has 1 atom stereocenters. The van der Waals surface area contributed by atoms with Gasteiger partial charge in [-0.15, -0.1) is 11.8 Å². The Morgan fingerprint density at radius 1 is 0.862 bits per heavy atom. The van der Waals surface area contributed by atoms with Crippen molar-refractivity contribution in [3.63, 3.8) is 0 Å². The molecule has 0 aliphatic heterocycles. The molecule has 1 rings (SSSR count). The van der Waals surface area contributed by atoms with Crippen LogP contribution in [0.5, 0.6) is 0 Å². The summed E-state index contributed by atoms with van der Waals surface area (Å²) in [6.07, 6.45) is 14.4. The molecule has 0 bridgehead atoms. The minimum atomic E-state index is -0.846. The summed E-state index contributed by atoms with van der Waals surface area (Å²) in [4.78, 5) is 22.4. The Labute approximate surface area is 180 Å². The fourth-order valence-electron chi connectivity index (χ4n) is 3.54. The Bertz CT molecular complexity index is 588. The molecule has 4 nitrogen and oxygen atoms in total. The maximum absolute atomic E-state index is 11.8. The second-order valence-corrected chi connectivity index (χ2v) is 8.93. The minimum absolute atomic E-state index is 0.0829. The molecule has 29 heavy (non-hydrogen) atoms. The lowest BCUT2D eigenvalue weighted by molar-refractivity contribution is -0.137. The first-order valence-electron chi connectivity index (χ1n) is 11.2. The highest BCUT2D eigenvalue weighted by atomic mass is 32.2. The number of carboxylic acid groups (broad SMARTS) is 2. The number of carbonyl (C=O) groups is 2. The summed E-state index contributed by atoms with van der Waals surface area (Å²) in [5.41, 5.74) is 1.99. The molecule has 0 saturated heterocycles. The topological polar surface area (TPSA) is 74.6 Å². The van der Waals surface area contributed by atoms with E-state index in [-0.39, 0.29) is 6.42 Å². The Morgan fingerprint density at radius 3 is 2.03 bits per heavy atom. The Kier molecular flexibility index (Phi) is 14.4. The quantitative estimate of drug-likeness (QED) is 0.252. The number of carboxylic acids is 2. The molecule has 0 radical (unpaired) electrons. The first kappa shape index (κ1) is 25.5. The van der Waals surface area contributed by atoms with E-state index in [1.54, 1.807) is 0 Å². The van der Waals surface area contributed by atoms with Crippen LogP contribution in [0.2, 0.25) is 0 Å². The third-order valence-electron chi connectivity index (χ3n) is 5.18. The van der Waals surface area contributed by atoms with E-state index in [9.17, 15) is 14.7 Å². The standard InChI is InChI=1S/C24H38O4S/c1-2-3-4-5-6-7-8-9-10-11-15-20-16-12-13-17-21(20)23(24(27)28)29-19-14-18-22(25)26/h12-13,16-17,23H,2-11,14-15,18-19H2,1H3,(H,25,26)(H,27,28). The van der Waals surface area contributed by atoms with Crippen molar-refractivity contribution in [3.8, 4) is 0 Å². The Hall–Kier alpha value is -1.49.